The smallest absolute Gasteiger partial charge is 0.317 e. The predicted molar refractivity (Wildman–Crippen MR) is 60.8 cm³/mol. The van der Waals surface area contributed by atoms with Crippen LogP contribution in [0.4, 0.5) is 0 Å². The lowest BCUT2D eigenvalue weighted by atomic mass is 9.54. The molecular formula is C14H18O3. The Morgan fingerprint density at radius 3 is 2.18 bits per heavy atom. The molecule has 17 heavy (non-hydrogen) atoms. The molecule has 0 spiro atoms. The fourth-order valence-corrected chi connectivity index (χ4v) is 4.79. The van der Waals surface area contributed by atoms with E-state index in [9.17, 15) is 4.79 Å². The molecule has 0 radical (unpaired) electrons. The number of carbonyl (C=O) groups excluding carboxylic acids is 1. The van der Waals surface area contributed by atoms with Gasteiger partial charge in [-0.3, -0.25) is 4.79 Å². The molecule has 4 aliphatic carbocycles. The van der Waals surface area contributed by atoms with Crippen LogP contribution in [-0.2, 0) is 14.3 Å². The molecule has 0 atom stereocenters. The summed E-state index contributed by atoms with van der Waals surface area (Å²) in [5, 5.41) is 0. The average Bonchev–Trinajstić information content (AvgIpc) is 2.60. The third kappa shape index (κ3) is 1.59. The SMILES string of the molecule is O=C1CC=C(OC23CC4CC(CC(C4)C2)C3)O1. The van der Waals surface area contributed by atoms with Crippen LogP contribution in [0.15, 0.2) is 12.0 Å². The number of ether oxygens (including phenoxy) is 2. The minimum Gasteiger partial charge on any atom is -0.459 e. The first-order chi connectivity index (χ1) is 8.21. The molecule has 0 saturated heterocycles. The van der Waals surface area contributed by atoms with Gasteiger partial charge in [-0.1, -0.05) is 0 Å². The molecule has 5 rings (SSSR count). The standard InChI is InChI=1S/C14H18O3/c15-12-1-2-13(16-12)17-14-6-9-3-10(7-14)5-11(4-9)8-14/h2,9-11H,1,3-8H2. The van der Waals surface area contributed by atoms with Gasteiger partial charge < -0.3 is 9.47 Å². The predicted octanol–water partition coefficient (Wildman–Crippen LogP) is 2.76. The van der Waals surface area contributed by atoms with Gasteiger partial charge in [-0.15, -0.1) is 0 Å². The highest BCUT2D eigenvalue weighted by Crippen LogP contribution is 2.57. The monoisotopic (exact) mass is 234 g/mol. The molecule has 0 amide bonds. The van der Waals surface area contributed by atoms with Gasteiger partial charge in [0, 0.05) is 6.08 Å². The Kier molecular flexibility index (Phi) is 1.92. The van der Waals surface area contributed by atoms with Gasteiger partial charge >= 0.3 is 5.97 Å². The molecule has 92 valence electrons. The highest BCUT2D eigenvalue weighted by atomic mass is 16.7. The van der Waals surface area contributed by atoms with Crippen LogP contribution in [0.1, 0.15) is 44.9 Å². The van der Waals surface area contributed by atoms with E-state index >= 15 is 0 Å². The van der Waals surface area contributed by atoms with Crippen LogP contribution in [0, 0.1) is 17.8 Å². The van der Waals surface area contributed by atoms with Gasteiger partial charge in [0.05, 0.1) is 6.42 Å². The molecular weight excluding hydrogens is 216 g/mol. The molecule has 3 heteroatoms. The Hall–Kier alpha value is -0.990. The fraction of sp³-hybridized carbons (Fsp3) is 0.786. The largest absolute Gasteiger partial charge is 0.459 e. The van der Waals surface area contributed by atoms with Gasteiger partial charge in [0.2, 0.25) is 0 Å². The first-order valence-corrected chi connectivity index (χ1v) is 6.81. The van der Waals surface area contributed by atoms with Crippen molar-refractivity contribution in [3.05, 3.63) is 12.0 Å². The summed E-state index contributed by atoms with van der Waals surface area (Å²) in [6, 6.07) is 0. The third-order valence-corrected chi connectivity index (χ3v) is 4.95. The Labute approximate surface area is 101 Å². The summed E-state index contributed by atoms with van der Waals surface area (Å²) in [6.45, 7) is 0. The van der Waals surface area contributed by atoms with Gasteiger partial charge in [-0.25, -0.2) is 0 Å². The number of hydrogen-bond donors (Lipinski definition) is 0. The van der Waals surface area contributed by atoms with Gasteiger partial charge in [0.25, 0.3) is 5.95 Å². The van der Waals surface area contributed by atoms with E-state index in [2.05, 4.69) is 0 Å². The van der Waals surface area contributed by atoms with Crippen LogP contribution in [0.25, 0.3) is 0 Å². The lowest BCUT2D eigenvalue weighted by molar-refractivity contribution is -0.172. The third-order valence-electron chi connectivity index (χ3n) is 4.95. The van der Waals surface area contributed by atoms with E-state index in [4.69, 9.17) is 9.47 Å². The Bertz CT molecular complexity index is 361. The molecule has 0 N–H and O–H groups in total. The molecule has 4 bridgehead atoms. The normalized spacial score (nSPS) is 46.9. The van der Waals surface area contributed by atoms with E-state index in [1.165, 1.54) is 38.5 Å². The van der Waals surface area contributed by atoms with Crippen molar-refractivity contribution in [3.63, 3.8) is 0 Å². The summed E-state index contributed by atoms with van der Waals surface area (Å²) in [7, 11) is 0. The second-order valence-corrected chi connectivity index (χ2v) is 6.40. The maximum Gasteiger partial charge on any atom is 0.317 e. The van der Waals surface area contributed by atoms with Crippen molar-refractivity contribution < 1.29 is 14.3 Å². The maximum absolute atomic E-state index is 11.1. The molecule has 5 aliphatic rings. The highest BCUT2D eigenvalue weighted by molar-refractivity contribution is 5.74. The van der Waals surface area contributed by atoms with Crippen LogP contribution in [-0.4, -0.2) is 11.6 Å². The minimum atomic E-state index is -0.176. The van der Waals surface area contributed by atoms with Crippen molar-refractivity contribution in [1.29, 1.82) is 0 Å². The van der Waals surface area contributed by atoms with Crippen LogP contribution in [0.5, 0.6) is 0 Å². The quantitative estimate of drug-likeness (QED) is 0.689. The molecule has 1 aliphatic heterocycles. The molecule has 0 aromatic carbocycles. The van der Waals surface area contributed by atoms with Crippen molar-refractivity contribution >= 4 is 5.97 Å². The number of hydrogen-bond acceptors (Lipinski definition) is 3. The maximum atomic E-state index is 11.1. The van der Waals surface area contributed by atoms with E-state index in [1.54, 1.807) is 6.08 Å². The topological polar surface area (TPSA) is 35.5 Å². The zero-order chi connectivity index (χ0) is 11.5. The summed E-state index contributed by atoms with van der Waals surface area (Å²) in [6.07, 6.45) is 9.91. The number of carbonyl (C=O) groups is 1. The van der Waals surface area contributed by atoms with Crippen LogP contribution in [0.2, 0.25) is 0 Å². The van der Waals surface area contributed by atoms with E-state index in [0.29, 0.717) is 12.4 Å². The summed E-state index contributed by atoms with van der Waals surface area (Å²) in [5.74, 6) is 2.89. The lowest BCUT2D eigenvalue weighted by Gasteiger charge is -2.55. The molecule has 0 aromatic rings. The number of cyclic esters (lactones) is 1. The Morgan fingerprint density at radius 2 is 1.71 bits per heavy atom. The second-order valence-electron chi connectivity index (χ2n) is 6.40. The van der Waals surface area contributed by atoms with Crippen LogP contribution in [0.3, 0.4) is 0 Å². The summed E-state index contributed by atoms with van der Waals surface area (Å²) >= 11 is 0. The zero-order valence-corrected chi connectivity index (χ0v) is 9.98. The molecule has 0 unspecified atom stereocenters. The minimum absolute atomic E-state index is 0.00516. The van der Waals surface area contributed by atoms with Gasteiger partial charge in [-0.05, 0) is 56.3 Å². The first-order valence-electron chi connectivity index (χ1n) is 6.81. The summed E-state index contributed by atoms with van der Waals surface area (Å²) in [4.78, 5) is 11.1. The van der Waals surface area contributed by atoms with Crippen molar-refractivity contribution in [2.45, 2.75) is 50.5 Å². The highest BCUT2D eigenvalue weighted by Gasteiger charge is 2.53. The molecule has 4 fully saturated rings. The van der Waals surface area contributed by atoms with Gasteiger partial charge in [0.1, 0.15) is 5.60 Å². The second kappa shape index (κ2) is 3.27. The number of esters is 1. The average molecular weight is 234 g/mol. The summed E-state index contributed by atoms with van der Waals surface area (Å²) in [5.41, 5.74) is 0.00516. The number of rotatable bonds is 2. The van der Waals surface area contributed by atoms with E-state index in [1.807, 2.05) is 0 Å². The van der Waals surface area contributed by atoms with E-state index in [0.717, 1.165) is 17.8 Å². The summed E-state index contributed by atoms with van der Waals surface area (Å²) < 4.78 is 11.2. The van der Waals surface area contributed by atoms with Crippen molar-refractivity contribution in [2.24, 2.45) is 17.8 Å². The van der Waals surface area contributed by atoms with Crippen molar-refractivity contribution in [3.8, 4) is 0 Å². The van der Waals surface area contributed by atoms with Crippen LogP contribution < -0.4 is 0 Å². The van der Waals surface area contributed by atoms with Crippen LogP contribution >= 0.6 is 0 Å². The first kappa shape index (κ1) is 9.98. The molecule has 0 aromatic heterocycles. The van der Waals surface area contributed by atoms with Gasteiger partial charge in [0.15, 0.2) is 0 Å². The Morgan fingerprint density at radius 1 is 1.12 bits per heavy atom. The van der Waals surface area contributed by atoms with Crippen molar-refractivity contribution in [1.82, 2.24) is 0 Å². The molecule has 3 nitrogen and oxygen atoms in total. The zero-order valence-electron chi connectivity index (χ0n) is 9.98. The van der Waals surface area contributed by atoms with E-state index in [-0.39, 0.29) is 11.6 Å². The van der Waals surface area contributed by atoms with Gasteiger partial charge in [-0.2, -0.15) is 0 Å². The van der Waals surface area contributed by atoms with Crippen molar-refractivity contribution in [2.75, 3.05) is 0 Å². The van der Waals surface area contributed by atoms with E-state index < -0.39 is 0 Å². The molecule has 1 heterocycles. The lowest BCUT2D eigenvalue weighted by Crippen LogP contribution is -2.51. The fourth-order valence-electron chi connectivity index (χ4n) is 4.79. The Balaban J connectivity index is 1.55. The molecule has 4 saturated carbocycles.